The van der Waals surface area contributed by atoms with Crippen LogP contribution in [0.15, 0.2) is 36.4 Å². The van der Waals surface area contributed by atoms with Crippen LogP contribution in [0.25, 0.3) is 10.2 Å². The third-order valence-electron chi connectivity index (χ3n) is 5.63. The number of hydrogen-bond donors (Lipinski definition) is 1. The fourth-order valence-corrected chi connectivity index (χ4v) is 5.06. The number of nitrogens with one attached hydrogen (secondary N) is 1. The van der Waals surface area contributed by atoms with E-state index in [0.29, 0.717) is 19.7 Å². The molecule has 2 aromatic carbocycles. The largest absolute Gasteiger partial charge is 0.494 e. The molecule has 3 aromatic rings. The van der Waals surface area contributed by atoms with E-state index in [9.17, 15) is 4.79 Å². The molecule has 0 radical (unpaired) electrons. The summed E-state index contributed by atoms with van der Waals surface area (Å²) in [4.78, 5) is 19.9. The molecule has 2 aliphatic heterocycles. The Morgan fingerprint density at radius 1 is 1.26 bits per heavy atom. The van der Waals surface area contributed by atoms with Gasteiger partial charge in [0, 0.05) is 19.6 Å². The van der Waals surface area contributed by atoms with Crippen molar-refractivity contribution >= 4 is 32.6 Å². The summed E-state index contributed by atoms with van der Waals surface area (Å²) in [6, 6.07) is 11.8. The van der Waals surface area contributed by atoms with Crippen LogP contribution in [0.3, 0.4) is 0 Å². The van der Waals surface area contributed by atoms with E-state index in [-0.39, 0.29) is 18.6 Å². The molecule has 31 heavy (non-hydrogen) atoms. The first-order chi connectivity index (χ1) is 15.2. The van der Waals surface area contributed by atoms with Crippen molar-refractivity contribution in [1.29, 1.82) is 0 Å². The number of thiazole rings is 1. The topological polar surface area (TPSA) is 72.9 Å². The van der Waals surface area contributed by atoms with Gasteiger partial charge in [-0.1, -0.05) is 17.4 Å². The lowest BCUT2D eigenvalue weighted by atomic mass is 9.97. The molecule has 2 aliphatic rings. The van der Waals surface area contributed by atoms with Crippen molar-refractivity contribution in [2.45, 2.75) is 26.3 Å². The van der Waals surface area contributed by atoms with Crippen LogP contribution in [-0.4, -0.2) is 37.4 Å². The van der Waals surface area contributed by atoms with Gasteiger partial charge in [0.05, 0.1) is 22.7 Å². The molecule has 1 aromatic heterocycles. The van der Waals surface area contributed by atoms with Crippen molar-refractivity contribution in [3.05, 3.63) is 42.0 Å². The molecule has 1 unspecified atom stereocenters. The van der Waals surface area contributed by atoms with Crippen LogP contribution < -0.4 is 24.4 Å². The number of benzene rings is 2. The van der Waals surface area contributed by atoms with E-state index in [1.807, 2.05) is 43.3 Å². The lowest BCUT2D eigenvalue weighted by molar-refractivity contribution is -0.125. The maximum atomic E-state index is 12.8. The number of carbonyl (C=O) groups excluding carboxylic acids is 1. The number of piperidine rings is 1. The zero-order valence-electron chi connectivity index (χ0n) is 17.4. The van der Waals surface area contributed by atoms with Crippen molar-refractivity contribution < 1.29 is 19.0 Å². The molecule has 8 heteroatoms. The summed E-state index contributed by atoms with van der Waals surface area (Å²) in [6.45, 7) is 4.96. The minimum atomic E-state index is -0.0474. The summed E-state index contributed by atoms with van der Waals surface area (Å²) in [5, 5.41) is 4.05. The van der Waals surface area contributed by atoms with Gasteiger partial charge in [-0.05, 0) is 55.7 Å². The van der Waals surface area contributed by atoms with Crippen LogP contribution in [0.2, 0.25) is 0 Å². The van der Waals surface area contributed by atoms with E-state index in [1.165, 1.54) is 0 Å². The summed E-state index contributed by atoms with van der Waals surface area (Å²) in [5.74, 6) is 2.39. The maximum absolute atomic E-state index is 12.8. The van der Waals surface area contributed by atoms with Gasteiger partial charge in [0.1, 0.15) is 5.75 Å². The molecular weight excluding hydrogens is 414 g/mol. The Kier molecular flexibility index (Phi) is 5.55. The Hall–Kier alpha value is -3.00. The summed E-state index contributed by atoms with van der Waals surface area (Å²) < 4.78 is 17.5. The Morgan fingerprint density at radius 3 is 3.06 bits per heavy atom. The lowest BCUT2D eigenvalue weighted by Gasteiger charge is -2.31. The van der Waals surface area contributed by atoms with Gasteiger partial charge < -0.3 is 24.4 Å². The zero-order chi connectivity index (χ0) is 21.2. The van der Waals surface area contributed by atoms with E-state index in [2.05, 4.69) is 10.2 Å². The minimum absolute atomic E-state index is 0.0474. The van der Waals surface area contributed by atoms with Gasteiger partial charge in [0.15, 0.2) is 16.6 Å². The van der Waals surface area contributed by atoms with Crippen molar-refractivity contribution in [3.63, 3.8) is 0 Å². The van der Waals surface area contributed by atoms with E-state index in [4.69, 9.17) is 19.2 Å². The summed E-state index contributed by atoms with van der Waals surface area (Å²) in [5.41, 5.74) is 1.97. The van der Waals surface area contributed by atoms with E-state index < -0.39 is 0 Å². The predicted octanol–water partition coefficient (Wildman–Crippen LogP) is 3.96. The molecule has 0 aliphatic carbocycles. The third kappa shape index (κ3) is 4.25. The molecule has 3 heterocycles. The highest BCUT2D eigenvalue weighted by molar-refractivity contribution is 7.22. The van der Waals surface area contributed by atoms with Crippen LogP contribution >= 0.6 is 11.3 Å². The van der Waals surface area contributed by atoms with Gasteiger partial charge in [-0.3, -0.25) is 4.79 Å². The molecular formula is C23H25N3O4S. The molecule has 1 amide bonds. The smallest absolute Gasteiger partial charge is 0.231 e. The molecule has 7 nitrogen and oxygen atoms in total. The highest BCUT2D eigenvalue weighted by Crippen LogP contribution is 2.34. The average Bonchev–Trinajstić information content (AvgIpc) is 3.44. The number of nitrogens with zero attached hydrogens (tertiary/aromatic N) is 2. The molecule has 0 bridgehead atoms. The highest BCUT2D eigenvalue weighted by atomic mass is 32.1. The number of hydrogen-bond acceptors (Lipinski definition) is 7. The van der Waals surface area contributed by atoms with Crippen molar-refractivity contribution in [3.8, 4) is 17.2 Å². The number of ether oxygens (including phenoxy) is 3. The molecule has 5 rings (SSSR count). The number of carbonyl (C=O) groups is 1. The number of fused-ring (bicyclic) bond motifs is 2. The second-order valence-corrected chi connectivity index (χ2v) is 8.76. The van der Waals surface area contributed by atoms with Crippen LogP contribution in [-0.2, 0) is 11.3 Å². The molecule has 0 saturated carbocycles. The van der Waals surface area contributed by atoms with Crippen molar-refractivity contribution in [2.75, 3.05) is 31.4 Å². The summed E-state index contributed by atoms with van der Waals surface area (Å²) >= 11 is 1.66. The lowest BCUT2D eigenvalue weighted by Crippen LogP contribution is -2.42. The number of aromatic nitrogens is 1. The predicted molar refractivity (Wildman–Crippen MR) is 120 cm³/mol. The van der Waals surface area contributed by atoms with Gasteiger partial charge in [0.2, 0.25) is 12.7 Å². The fraction of sp³-hybridized carbons (Fsp3) is 0.391. The van der Waals surface area contributed by atoms with Gasteiger partial charge in [-0.25, -0.2) is 4.98 Å². The first-order valence-electron chi connectivity index (χ1n) is 10.6. The molecule has 0 spiro atoms. The van der Waals surface area contributed by atoms with Crippen molar-refractivity contribution in [1.82, 2.24) is 10.3 Å². The number of amides is 1. The first kappa shape index (κ1) is 19.9. The van der Waals surface area contributed by atoms with Gasteiger partial charge in [0.25, 0.3) is 0 Å². The van der Waals surface area contributed by atoms with E-state index in [0.717, 1.165) is 57.5 Å². The Labute approximate surface area is 184 Å². The van der Waals surface area contributed by atoms with Gasteiger partial charge in [-0.2, -0.15) is 0 Å². The Bertz CT molecular complexity index is 1100. The second kappa shape index (κ2) is 8.63. The molecule has 162 valence electrons. The van der Waals surface area contributed by atoms with Gasteiger partial charge >= 0.3 is 0 Å². The Balaban J connectivity index is 1.22. The van der Waals surface area contributed by atoms with Crippen LogP contribution in [0.1, 0.15) is 25.3 Å². The summed E-state index contributed by atoms with van der Waals surface area (Å²) in [6.07, 6.45) is 1.87. The van der Waals surface area contributed by atoms with E-state index in [1.54, 1.807) is 11.3 Å². The molecule has 1 saturated heterocycles. The highest BCUT2D eigenvalue weighted by Gasteiger charge is 2.27. The number of rotatable bonds is 6. The maximum Gasteiger partial charge on any atom is 0.231 e. The normalized spacial score (nSPS) is 17.7. The van der Waals surface area contributed by atoms with E-state index >= 15 is 0 Å². The van der Waals surface area contributed by atoms with Crippen LogP contribution in [0.4, 0.5) is 5.13 Å². The third-order valence-corrected chi connectivity index (χ3v) is 6.71. The second-order valence-electron chi connectivity index (χ2n) is 7.75. The van der Waals surface area contributed by atoms with Crippen molar-refractivity contribution in [2.24, 2.45) is 5.92 Å². The monoisotopic (exact) mass is 439 g/mol. The molecule has 1 atom stereocenters. The SMILES string of the molecule is CCOc1ccc2nc(N3CCCC(C(=O)NCc4ccc5c(c4)OCO5)C3)sc2c1. The summed E-state index contributed by atoms with van der Waals surface area (Å²) in [7, 11) is 0. The van der Waals surface area contributed by atoms with Crippen LogP contribution in [0.5, 0.6) is 17.2 Å². The average molecular weight is 440 g/mol. The van der Waals surface area contributed by atoms with Gasteiger partial charge in [-0.15, -0.1) is 0 Å². The molecule has 1 N–H and O–H groups in total. The zero-order valence-corrected chi connectivity index (χ0v) is 18.2. The Morgan fingerprint density at radius 2 is 2.16 bits per heavy atom. The quantitative estimate of drug-likeness (QED) is 0.627. The van der Waals surface area contributed by atoms with Crippen LogP contribution in [0, 0.1) is 5.92 Å². The fourth-order valence-electron chi connectivity index (χ4n) is 4.03. The molecule has 1 fully saturated rings. The standard InChI is InChI=1S/C23H25N3O4S/c1-2-28-17-6-7-18-21(11-17)31-23(25-18)26-9-3-4-16(13-26)22(27)24-12-15-5-8-19-20(10-15)30-14-29-19/h5-8,10-11,16H,2-4,9,12-14H2,1H3,(H,24,27). The number of anilines is 1. The minimum Gasteiger partial charge on any atom is -0.494 e. The first-order valence-corrected chi connectivity index (χ1v) is 11.5.